The molecule has 0 heterocycles. The van der Waals surface area contributed by atoms with Crippen molar-refractivity contribution >= 4 is 29.1 Å². The van der Waals surface area contributed by atoms with Crippen LogP contribution in [0.1, 0.15) is 5.56 Å². The second kappa shape index (κ2) is 6.73. The molecule has 0 aliphatic carbocycles. The highest BCUT2D eigenvalue weighted by molar-refractivity contribution is 7.98. The van der Waals surface area contributed by atoms with E-state index in [4.69, 9.17) is 16.3 Å². The highest BCUT2D eigenvalue weighted by Gasteiger charge is 2.07. The van der Waals surface area contributed by atoms with Crippen LogP contribution in [0.25, 0.3) is 0 Å². The van der Waals surface area contributed by atoms with Crippen molar-refractivity contribution in [2.24, 2.45) is 0 Å². The summed E-state index contributed by atoms with van der Waals surface area (Å²) < 4.78 is 5.32. The number of hydrogen-bond donors (Lipinski definition) is 1. The van der Waals surface area contributed by atoms with Crippen molar-refractivity contribution in [2.75, 3.05) is 18.7 Å². The first-order valence-electron chi connectivity index (χ1n) is 5.94. The Kier molecular flexibility index (Phi) is 5.00. The van der Waals surface area contributed by atoms with Crippen LogP contribution in [-0.4, -0.2) is 13.4 Å². The van der Waals surface area contributed by atoms with Crippen molar-refractivity contribution in [1.29, 1.82) is 0 Å². The second-order valence-electron chi connectivity index (χ2n) is 4.00. The monoisotopic (exact) mass is 293 g/mol. The molecule has 100 valence electrons. The molecule has 0 amide bonds. The molecule has 0 aliphatic heterocycles. The second-order valence-corrected chi connectivity index (χ2v) is 5.29. The first kappa shape index (κ1) is 14.1. The number of thioether (sulfide) groups is 1. The molecule has 4 heteroatoms. The summed E-state index contributed by atoms with van der Waals surface area (Å²) in [6, 6.07) is 14.0. The van der Waals surface area contributed by atoms with E-state index in [1.54, 1.807) is 18.9 Å². The van der Waals surface area contributed by atoms with E-state index in [0.29, 0.717) is 11.6 Å². The van der Waals surface area contributed by atoms with E-state index in [2.05, 4.69) is 35.8 Å². The number of methoxy groups -OCH3 is 1. The summed E-state index contributed by atoms with van der Waals surface area (Å²) in [5.41, 5.74) is 2.04. The molecule has 0 spiro atoms. The van der Waals surface area contributed by atoms with Gasteiger partial charge in [0.05, 0.1) is 7.11 Å². The molecule has 0 aliphatic rings. The lowest BCUT2D eigenvalue weighted by Crippen LogP contribution is -2.02. The normalized spacial score (nSPS) is 10.3. The topological polar surface area (TPSA) is 21.3 Å². The SMILES string of the molecule is COc1cccc(Cl)c1CNc1ccc(SC)cc1. The molecular formula is C15H16ClNOS. The van der Waals surface area contributed by atoms with Crippen LogP contribution in [0, 0.1) is 0 Å². The first-order chi connectivity index (χ1) is 9.24. The Labute approximate surface area is 123 Å². The first-order valence-corrected chi connectivity index (χ1v) is 7.54. The smallest absolute Gasteiger partial charge is 0.125 e. The lowest BCUT2D eigenvalue weighted by Gasteiger charge is -2.12. The summed E-state index contributed by atoms with van der Waals surface area (Å²) in [4.78, 5) is 1.25. The Bertz CT molecular complexity index is 542. The molecule has 19 heavy (non-hydrogen) atoms. The maximum atomic E-state index is 6.20. The summed E-state index contributed by atoms with van der Waals surface area (Å²) in [6.07, 6.45) is 2.07. The lowest BCUT2D eigenvalue weighted by molar-refractivity contribution is 0.410. The number of anilines is 1. The summed E-state index contributed by atoms with van der Waals surface area (Å²) in [5, 5.41) is 4.07. The van der Waals surface area contributed by atoms with Crippen LogP contribution in [0.3, 0.4) is 0 Å². The van der Waals surface area contributed by atoms with Gasteiger partial charge >= 0.3 is 0 Å². The highest BCUT2D eigenvalue weighted by Crippen LogP contribution is 2.27. The van der Waals surface area contributed by atoms with Crippen LogP contribution in [0.2, 0.25) is 5.02 Å². The Morgan fingerprint density at radius 1 is 1.16 bits per heavy atom. The highest BCUT2D eigenvalue weighted by atomic mass is 35.5. The molecule has 0 aromatic heterocycles. The van der Waals surface area contributed by atoms with Gasteiger partial charge in [-0.25, -0.2) is 0 Å². The zero-order valence-corrected chi connectivity index (χ0v) is 12.5. The van der Waals surface area contributed by atoms with Crippen LogP contribution in [0.4, 0.5) is 5.69 Å². The predicted molar refractivity (Wildman–Crippen MR) is 83.6 cm³/mol. The third kappa shape index (κ3) is 3.58. The van der Waals surface area contributed by atoms with E-state index in [0.717, 1.165) is 17.0 Å². The minimum absolute atomic E-state index is 0.640. The molecule has 0 saturated carbocycles. The minimum Gasteiger partial charge on any atom is -0.496 e. The van der Waals surface area contributed by atoms with Crippen molar-refractivity contribution < 1.29 is 4.74 Å². The van der Waals surface area contributed by atoms with Crippen LogP contribution in [0.15, 0.2) is 47.4 Å². The average molecular weight is 294 g/mol. The number of rotatable bonds is 5. The summed E-state index contributed by atoms with van der Waals surface area (Å²) in [6.45, 7) is 0.640. The molecular weight excluding hydrogens is 278 g/mol. The molecule has 0 unspecified atom stereocenters. The predicted octanol–water partition coefficient (Wildman–Crippen LogP) is 4.68. The van der Waals surface area contributed by atoms with Gasteiger partial charge in [-0.3, -0.25) is 0 Å². The van der Waals surface area contributed by atoms with Crippen molar-refractivity contribution in [3.8, 4) is 5.75 Å². The number of hydrogen-bond acceptors (Lipinski definition) is 3. The van der Waals surface area contributed by atoms with Gasteiger partial charge < -0.3 is 10.1 Å². The molecule has 0 radical (unpaired) electrons. The molecule has 2 aromatic rings. The van der Waals surface area contributed by atoms with Gasteiger partial charge in [-0.2, -0.15) is 0 Å². The molecule has 0 fully saturated rings. The average Bonchev–Trinajstić information content (AvgIpc) is 2.46. The van der Waals surface area contributed by atoms with Crippen molar-refractivity contribution in [3.05, 3.63) is 53.1 Å². The fraction of sp³-hybridized carbons (Fsp3) is 0.200. The molecule has 2 nitrogen and oxygen atoms in total. The summed E-state index contributed by atoms with van der Waals surface area (Å²) in [7, 11) is 1.66. The number of ether oxygens (including phenoxy) is 1. The van der Waals surface area contributed by atoms with Crippen molar-refractivity contribution in [2.45, 2.75) is 11.4 Å². The van der Waals surface area contributed by atoms with Crippen molar-refractivity contribution in [3.63, 3.8) is 0 Å². The maximum Gasteiger partial charge on any atom is 0.125 e. The third-order valence-electron chi connectivity index (χ3n) is 2.86. The van der Waals surface area contributed by atoms with Gasteiger partial charge in [-0.05, 0) is 42.7 Å². The van der Waals surface area contributed by atoms with Crippen LogP contribution in [-0.2, 0) is 6.54 Å². The zero-order chi connectivity index (χ0) is 13.7. The number of nitrogens with one attached hydrogen (secondary N) is 1. The zero-order valence-electron chi connectivity index (χ0n) is 10.9. The van der Waals surface area contributed by atoms with E-state index in [9.17, 15) is 0 Å². The minimum atomic E-state index is 0.640. The third-order valence-corrected chi connectivity index (χ3v) is 3.95. The van der Waals surface area contributed by atoms with Crippen LogP contribution < -0.4 is 10.1 Å². The van der Waals surface area contributed by atoms with E-state index in [1.807, 2.05) is 18.2 Å². The van der Waals surface area contributed by atoms with E-state index in [1.165, 1.54) is 4.90 Å². The molecule has 2 aromatic carbocycles. The molecule has 1 N–H and O–H groups in total. The Morgan fingerprint density at radius 3 is 2.53 bits per heavy atom. The van der Waals surface area contributed by atoms with Gasteiger partial charge in [0.25, 0.3) is 0 Å². The van der Waals surface area contributed by atoms with Gasteiger partial charge in [0.15, 0.2) is 0 Å². The molecule has 0 bridgehead atoms. The van der Waals surface area contributed by atoms with Gasteiger partial charge in [0, 0.05) is 27.7 Å². The largest absolute Gasteiger partial charge is 0.496 e. The Morgan fingerprint density at radius 2 is 1.89 bits per heavy atom. The van der Waals surface area contributed by atoms with E-state index in [-0.39, 0.29) is 0 Å². The fourth-order valence-electron chi connectivity index (χ4n) is 1.80. The quantitative estimate of drug-likeness (QED) is 0.809. The fourth-order valence-corrected chi connectivity index (χ4v) is 2.44. The van der Waals surface area contributed by atoms with E-state index >= 15 is 0 Å². The van der Waals surface area contributed by atoms with Crippen LogP contribution in [0.5, 0.6) is 5.75 Å². The maximum absolute atomic E-state index is 6.20. The molecule has 2 rings (SSSR count). The Balaban J connectivity index is 2.09. The summed E-state index contributed by atoms with van der Waals surface area (Å²) in [5.74, 6) is 0.806. The van der Waals surface area contributed by atoms with Crippen LogP contribution >= 0.6 is 23.4 Å². The number of halogens is 1. The molecule has 0 atom stereocenters. The van der Waals surface area contributed by atoms with Gasteiger partial charge in [0.2, 0.25) is 0 Å². The molecule has 0 saturated heterocycles. The van der Waals surface area contributed by atoms with E-state index < -0.39 is 0 Å². The van der Waals surface area contributed by atoms with Crippen molar-refractivity contribution in [1.82, 2.24) is 0 Å². The lowest BCUT2D eigenvalue weighted by atomic mass is 10.2. The van der Waals surface area contributed by atoms with Gasteiger partial charge in [-0.15, -0.1) is 11.8 Å². The Hall–Kier alpha value is -1.32. The van der Waals surface area contributed by atoms with Gasteiger partial charge in [-0.1, -0.05) is 17.7 Å². The summed E-state index contributed by atoms with van der Waals surface area (Å²) >= 11 is 7.93. The standard InChI is InChI=1S/C15H16ClNOS/c1-18-15-5-3-4-14(16)13(15)10-17-11-6-8-12(19-2)9-7-11/h3-9,17H,10H2,1-2H3. The van der Waals surface area contributed by atoms with Gasteiger partial charge in [0.1, 0.15) is 5.75 Å². The number of benzene rings is 2.